The number of hydrogen-bond acceptors (Lipinski definition) is 4. The van der Waals surface area contributed by atoms with Gasteiger partial charge in [-0.2, -0.15) is 0 Å². The molecule has 0 aliphatic carbocycles. The summed E-state index contributed by atoms with van der Waals surface area (Å²) < 4.78 is 0. The van der Waals surface area contributed by atoms with Crippen LogP contribution in [0.25, 0.3) is 4.85 Å². The van der Waals surface area contributed by atoms with Gasteiger partial charge in [-0.05, 0) is 62.5 Å². The van der Waals surface area contributed by atoms with Gasteiger partial charge in [-0.25, -0.2) is 4.85 Å². The average molecular weight is 434 g/mol. The molecular formula is C25H31N5O2. The Labute approximate surface area is 190 Å². The number of nitrogens with one attached hydrogen (secondary N) is 3. The summed E-state index contributed by atoms with van der Waals surface area (Å²) in [6, 6.07) is 13.0. The Kier molecular flexibility index (Phi) is 6.85. The van der Waals surface area contributed by atoms with Crippen LogP contribution in [0.15, 0.2) is 42.5 Å². The van der Waals surface area contributed by atoms with Gasteiger partial charge in [-0.1, -0.05) is 19.9 Å². The molecule has 1 aliphatic rings. The summed E-state index contributed by atoms with van der Waals surface area (Å²) in [6.07, 6.45) is 0.871. The number of carbonyl (C=O) groups excluding carboxylic acids is 2. The molecule has 2 amide bonds. The molecule has 0 saturated carbocycles. The highest BCUT2D eigenvalue weighted by atomic mass is 16.2. The van der Waals surface area contributed by atoms with Crippen LogP contribution in [0.2, 0.25) is 0 Å². The third-order valence-electron chi connectivity index (χ3n) is 6.05. The molecule has 0 saturated heterocycles. The van der Waals surface area contributed by atoms with Crippen LogP contribution in [-0.2, 0) is 4.79 Å². The number of hydrogen-bond donors (Lipinski definition) is 3. The maximum Gasteiger partial charge on any atom is 0.251 e. The zero-order valence-electron chi connectivity index (χ0n) is 19.3. The van der Waals surface area contributed by atoms with Gasteiger partial charge in [0.2, 0.25) is 5.91 Å². The lowest BCUT2D eigenvalue weighted by molar-refractivity contribution is -0.114. The highest BCUT2D eigenvalue weighted by molar-refractivity contribution is 5.95. The molecule has 32 heavy (non-hydrogen) atoms. The standard InChI is InChI=1S/C25H31N5O2/c1-16(31)28-18-9-7-17(8-10-18)24(32)27-15-25(2,3)23-14-22(30(5)6)20-13-19(26-4)11-12-21(20)29-23/h7-13,22-23,29H,14-15H2,1-3,5-6H3,(H,27,32)(H,28,31). The van der Waals surface area contributed by atoms with Gasteiger partial charge < -0.3 is 20.9 Å². The third kappa shape index (κ3) is 5.27. The molecule has 168 valence electrons. The normalized spacial score (nSPS) is 17.7. The molecule has 0 bridgehead atoms. The first-order valence-electron chi connectivity index (χ1n) is 10.7. The Hall–Kier alpha value is -3.37. The minimum Gasteiger partial charge on any atom is -0.381 e. The van der Waals surface area contributed by atoms with Gasteiger partial charge in [0.05, 0.1) is 6.57 Å². The van der Waals surface area contributed by atoms with Crippen molar-refractivity contribution in [3.63, 3.8) is 0 Å². The number of amides is 2. The highest BCUT2D eigenvalue weighted by Crippen LogP contribution is 2.42. The fourth-order valence-corrected chi connectivity index (χ4v) is 4.07. The zero-order chi connectivity index (χ0) is 23.5. The molecule has 0 fully saturated rings. The summed E-state index contributed by atoms with van der Waals surface area (Å²) in [5.41, 5.74) is 3.83. The minimum absolute atomic E-state index is 0.142. The van der Waals surface area contributed by atoms with E-state index >= 15 is 0 Å². The largest absolute Gasteiger partial charge is 0.381 e. The molecule has 2 unspecified atom stereocenters. The van der Waals surface area contributed by atoms with Gasteiger partial charge in [0.15, 0.2) is 5.69 Å². The van der Waals surface area contributed by atoms with Crippen molar-refractivity contribution in [2.24, 2.45) is 5.41 Å². The van der Waals surface area contributed by atoms with Gasteiger partial charge in [0, 0.05) is 47.9 Å². The Morgan fingerprint density at radius 3 is 2.47 bits per heavy atom. The number of fused-ring (bicyclic) bond motifs is 1. The Morgan fingerprint density at radius 2 is 1.88 bits per heavy atom. The third-order valence-corrected chi connectivity index (χ3v) is 6.05. The number of nitrogens with zero attached hydrogens (tertiary/aromatic N) is 2. The highest BCUT2D eigenvalue weighted by Gasteiger charge is 2.37. The molecule has 7 nitrogen and oxygen atoms in total. The Morgan fingerprint density at radius 1 is 1.19 bits per heavy atom. The molecule has 2 atom stereocenters. The van der Waals surface area contributed by atoms with Crippen LogP contribution in [0, 0.1) is 12.0 Å². The number of rotatable bonds is 6. The van der Waals surface area contributed by atoms with E-state index in [9.17, 15) is 9.59 Å². The topological polar surface area (TPSA) is 77.8 Å². The lowest BCUT2D eigenvalue weighted by Gasteiger charge is -2.44. The minimum atomic E-state index is -0.212. The van der Waals surface area contributed by atoms with E-state index in [0.717, 1.165) is 17.7 Å². The molecule has 3 N–H and O–H groups in total. The van der Waals surface area contributed by atoms with E-state index < -0.39 is 0 Å². The first-order chi connectivity index (χ1) is 15.1. The molecule has 2 aromatic rings. The molecule has 0 aromatic heterocycles. The van der Waals surface area contributed by atoms with Crippen LogP contribution in [0.5, 0.6) is 0 Å². The zero-order valence-corrected chi connectivity index (χ0v) is 19.3. The molecule has 0 radical (unpaired) electrons. The van der Waals surface area contributed by atoms with Crippen LogP contribution in [0.3, 0.4) is 0 Å². The maximum absolute atomic E-state index is 12.7. The van der Waals surface area contributed by atoms with E-state index in [4.69, 9.17) is 6.57 Å². The molecule has 7 heteroatoms. The first-order valence-corrected chi connectivity index (χ1v) is 10.7. The predicted molar refractivity (Wildman–Crippen MR) is 128 cm³/mol. The van der Waals surface area contributed by atoms with Crippen molar-refractivity contribution in [1.82, 2.24) is 10.2 Å². The fraction of sp³-hybridized carbons (Fsp3) is 0.400. The number of benzene rings is 2. The van der Waals surface area contributed by atoms with E-state index in [1.807, 2.05) is 18.2 Å². The van der Waals surface area contributed by atoms with E-state index in [-0.39, 0.29) is 29.3 Å². The second kappa shape index (κ2) is 9.41. The molecule has 1 heterocycles. The van der Waals surface area contributed by atoms with Crippen molar-refractivity contribution in [3.8, 4) is 0 Å². The molecule has 3 rings (SSSR count). The summed E-state index contributed by atoms with van der Waals surface area (Å²) in [6.45, 7) is 13.6. The second-order valence-electron chi connectivity index (χ2n) is 9.23. The smallest absolute Gasteiger partial charge is 0.251 e. The molecule has 1 aliphatic heterocycles. The summed E-state index contributed by atoms with van der Waals surface area (Å²) in [5, 5.41) is 9.40. The lowest BCUT2D eigenvalue weighted by Crippen LogP contribution is -2.48. The second-order valence-corrected chi connectivity index (χ2v) is 9.23. The van der Waals surface area contributed by atoms with Crippen LogP contribution in [0.4, 0.5) is 17.1 Å². The molecule has 2 aromatic carbocycles. The SMILES string of the molecule is [C-]#[N+]c1ccc2c(c1)C(N(C)C)CC(C(C)(C)CNC(=O)c1ccc(NC(C)=O)cc1)N2. The summed E-state index contributed by atoms with van der Waals surface area (Å²) in [7, 11) is 4.11. The Balaban J connectivity index is 1.70. The van der Waals surface area contributed by atoms with E-state index in [2.05, 4.69) is 53.6 Å². The van der Waals surface area contributed by atoms with E-state index in [0.29, 0.717) is 23.5 Å². The maximum atomic E-state index is 12.7. The van der Waals surface area contributed by atoms with Crippen LogP contribution in [-0.4, -0.2) is 43.4 Å². The fourth-order valence-electron chi connectivity index (χ4n) is 4.07. The first kappa shape index (κ1) is 23.3. The Bertz CT molecular complexity index is 1040. The van der Waals surface area contributed by atoms with Crippen molar-refractivity contribution < 1.29 is 9.59 Å². The van der Waals surface area contributed by atoms with Crippen molar-refractivity contribution in [2.45, 2.75) is 39.3 Å². The van der Waals surface area contributed by atoms with Crippen LogP contribution >= 0.6 is 0 Å². The van der Waals surface area contributed by atoms with E-state index in [1.165, 1.54) is 6.92 Å². The quantitative estimate of drug-likeness (QED) is 0.589. The summed E-state index contributed by atoms with van der Waals surface area (Å²) in [4.78, 5) is 29.6. The monoisotopic (exact) mass is 433 g/mol. The van der Waals surface area contributed by atoms with Crippen molar-refractivity contribution in [2.75, 3.05) is 31.3 Å². The number of carbonyl (C=O) groups is 2. The van der Waals surface area contributed by atoms with Gasteiger partial charge in [-0.3, -0.25) is 9.59 Å². The van der Waals surface area contributed by atoms with E-state index in [1.54, 1.807) is 24.3 Å². The van der Waals surface area contributed by atoms with Crippen LogP contribution in [0.1, 0.15) is 49.2 Å². The van der Waals surface area contributed by atoms with Crippen molar-refractivity contribution in [1.29, 1.82) is 0 Å². The predicted octanol–water partition coefficient (Wildman–Crippen LogP) is 4.44. The average Bonchev–Trinajstić information content (AvgIpc) is 2.76. The number of anilines is 2. The van der Waals surface area contributed by atoms with Crippen molar-refractivity contribution in [3.05, 3.63) is 65.0 Å². The summed E-state index contributed by atoms with van der Waals surface area (Å²) >= 11 is 0. The van der Waals surface area contributed by atoms with Gasteiger partial charge in [-0.15, -0.1) is 0 Å². The van der Waals surface area contributed by atoms with Gasteiger partial charge in [0.25, 0.3) is 5.91 Å². The van der Waals surface area contributed by atoms with Crippen LogP contribution < -0.4 is 16.0 Å². The van der Waals surface area contributed by atoms with Gasteiger partial charge in [0.1, 0.15) is 0 Å². The molecule has 0 spiro atoms. The lowest BCUT2D eigenvalue weighted by atomic mass is 9.77. The molecular weight excluding hydrogens is 402 g/mol. The summed E-state index contributed by atoms with van der Waals surface area (Å²) in [5.74, 6) is -0.290. The van der Waals surface area contributed by atoms with Gasteiger partial charge >= 0.3 is 0 Å². The van der Waals surface area contributed by atoms with Crippen molar-refractivity contribution >= 4 is 28.9 Å².